The van der Waals surface area contributed by atoms with Gasteiger partial charge >= 0.3 is 0 Å². The molecule has 134 valence electrons. The second kappa shape index (κ2) is 7.17. The summed E-state index contributed by atoms with van der Waals surface area (Å²) >= 11 is 3.37. The molecule has 0 amide bonds. The quantitative estimate of drug-likeness (QED) is 0.723. The number of rotatable bonds is 4. The molecule has 2 aromatic carbocycles. The number of sulfonamides is 1. The highest BCUT2D eigenvalue weighted by atomic mass is 79.9. The average molecular weight is 426 g/mol. The van der Waals surface area contributed by atoms with Gasteiger partial charge in [-0.15, -0.1) is 0 Å². The smallest absolute Gasteiger partial charge is 0.243 e. The largest absolute Gasteiger partial charge is 0.243 e. The summed E-state index contributed by atoms with van der Waals surface area (Å²) in [4.78, 5) is 0.275. The Morgan fingerprint density at radius 2 is 1.60 bits per heavy atom. The standard InChI is InChI=1S/C19H21BrFNO2S/c1-15-2-8-18(9-3-15)25(23,24)22-12-10-19(21,11-13-22)14-16-4-6-17(20)7-5-16/h2-9H,10-14H2,1H3. The van der Waals surface area contributed by atoms with Gasteiger partial charge in [-0.3, -0.25) is 0 Å². The van der Waals surface area contributed by atoms with E-state index in [0.717, 1.165) is 15.6 Å². The van der Waals surface area contributed by atoms with Crippen molar-refractivity contribution in [2.75, 3.05) is 13.1 Å². The lowest BCUT2D eigenvalue weighted by Crippen LogP contribution is -2.45. The lowest BCUT2D eigenvalue weighted by molar-refractivity contribution is 0.0889. The molecule has 0 radical (unpaired) electrons. The first-order chi connectivity index (χ1) is 11.8. The van der Waals surface area contributed by atoms with Gasteiger partial charge in [0.25, 0.3) is 0 Å². The van der Waals surface area contributed by atoms with E-state index in [2.05, 4.69) is 15.9 Å². The van der Waals surface area contributed by atoms with Crippen LogP contribution in [0.5, 0.6) is 0 Å². The zero-order valence-electron chi connectivity index (χ0n) is 14.1. The SMILES string of the molecule is Cc1ccc(S(=O)(=O)N2CCC(F)(Cc3ccc(Br)cc3)CC2)cc1. The summed E-state index contributed by atoms with van der Waals surface area (Å²) in [5.41, 5.74) is 0.586. The maximum Gasteiger partial charge on any atom is 0.243 e. The summed E-state index contributed by atoms with van der Waals surface area (Å²) in [6.07, 6.45) is 0.751. The molecular weight excluding hydrogens is 405 g/mol. The number of benzene rings is 2. The van der Waals surface area contributed by atoms with Crippen molar-refractivity contribution < 1.29 is 12.8 Å². The first-order valence-electron chi connectivity index (χ1n) is 8.29. The van der Waals surface area contributed by atoms with Crippen molar-refractivity contribution in [2.45, 2.75) is 36.8 Å². The Labute approximate surface area is 157 Å². The van der Waals surface area contributed by atoms with E-state index < -0.39 is 15.7 Å². The van der Waals surface area contributed by atoms with Crippen LogP contribution in [0, 0.1) is 6.92 Å². The molecule has 0 saturated carbocycles. The zero-order valence-corrected chi connectivity index (χ0v) is 16.5. The van der Waals surface area contributed by atoms with Crippen LogP contribution in [0.25, 0.3) is 0 Å². The van der Waals surface area contributed by atoms with Crippen molar-refractivity contribution in [1.82, 2.24) is 4.31 Å². The van der Waals surface area contributed by atoms with Crippen LogP contribution in [-0.2, 0) is 16.4 Å². The highest BCUT2D eigenvalue weighted by Gasteiger charge is 2.38. The minimum Gasteiger partial charge on any atom is -0.243 e. The van der Waals surface area contributed by atoms with Gasteiger partial charge in [0.2, 0.25) is 10.0 Å². The van der Waals surface area contributed by atoms with Crippen molar-refractivity contribution in [2.24, 2.45) is 0 Å². The maximum atomic E-state index is 15.1. The molecule has 6 heteroatoms. The Hall–Kier alpha value is -1.24. The van der Waals surface area contributed by atoms with Gasteiger partial charge in [0.15, 0.2) is 0 Å². The summed E-state index contributed by atoms with van der Waals surface area (Å²) in [5, 5.41) is 0. The van der Waals surface area contributed by atoms with Crippen LogP contribution in [0.3, 0.4) is 0 Å². The zero-order chi connectivity index (χ0) is 18.1. The summed E-state index contributed by atoms with van der Waals surface area (Å²) in [6.45, 7) is 2.34. The lowest BCUT2D eigenvalue weighted by atomic mass is 9.88. The van der Waals surface area contributed by atoms with Crippen molar-refractivity contribution in [3.05, 3.63) is 64.1 Å². The van der Waals surface area contributed by atoms with Crippen LogP contribution in [0.1, 0.15) is 24.0 Å². The fraction of sp³-hybridized carbons (Fsp3) is 0.368. The third kappa shape index (κ3) is 4.30. The fourth-order valence-electron chi connectivity index (χ4n) is 3.13. The Morgan fingerprint density at radius 3 is 2.16 bits per heavy atom. The fourth-order valence-corrected chi connectivity index (χ4v) is 4.84. The molecule has 3 rings (SSSR count). The molecule has 1 fully saturated rings. The second-order valence-corrected chi connectivity index (χ2v) is 9.52. The van der Waals surface area contributed by atoms with Crippen molar-refractivity contribution in [1.29, 1.82) is 0 Å². The number of hydrogen-bond acceptors (Lipinski definition) is 2. The van der Waals surface area contributed by atoms with Crippen LogP contribution in [-0.4, -0.2) is 31.5 Å². The van der Waals surface area contributed by atoms with Crippen molar-refractivity contribution >= 4 is 26.0 Å². The topological polar surface area (TPSA) is 37.4 Å². The molecule has 3 nitrogen and oxygen atoms in total. The summed E-state index contributed by atoms with van der Waals surface area (Å²) in [6, 6.07) is 14.4. The van der Waals surface area contributed by atoms with E-state index in [1.807, 2.05) is 31.2 Å². The van der Waals surface area contributed by atoms with E-state index in [0.29, 0.717) is 6.42 Å². The molecule has 0 unspecified atom stereocenters. The first kappa shape index (κ1) is 18.5. The Morgan fingerprint density at radius 1 is 1.04 bits per heavy atom. The third-order valence-corrected chi connectivity index (χ3v) is 7.15. The first-order valence-corrected chi connectivity index (χ1v) is 10.5. The van der Waals surface area contributed by atoms with Crippen LogP contribution in [0.2, 0.25) is 0 Å². The molecule has 0 bridgehead atoms. The van der Waals surface area contributed by atoms with Gasteiger partial charge in [0, 0.05) is 24.0 Å². The maximum absolute atomic E-state index is 15.1. The number of halogens is 2. The van der Waals surface area contributed by atoms with Crippen molar-refractivity contribution in [3.8, 4) is 0 Å². The predicted octanol–water partition coefficient (Wildman–Crippen LogP) is 4.49. The van der Waals surface area contributed by atoms with E-state index in [1.54, 1.807) is 24.3 Å². The number of hydrogen-bond donors (Lipinski definition) is 0. The van der Waals surface area contributed by atoms with Crippen LogP contribution < -0.4 is 0 Å². The Balaban J connectivity index is 1.68. The minimum absolute atomic E-state index is 0.212. The minimum atomic E-state index is -3.55. The van der Waals surface area contributed by atoms with Crippen LogP contribution in [0.15, 0.2) is 57.9 Å². The molecular formula is C19H21BrFNO2S. The van der Waals surface area contributed by atoms with Gasteiger partial charge in [-0.25, -0.2) is 12.8 Å². The molecule has 0 atom stereocenters. The molecule has 1 aliphatic rings. The van der Waals surface area contributed by atoms with Gasteiger partial charge in [-0.1, -0.05) is 45.8 Å². The van der Waals surface area contributed by atoms with Gasteiger partial charge in [-0.05, 0) is 49.6 Å². The average Bonchev–Trinajstić information content (AvgIpc) is 2.58. The second-order valence-electron chi connectivity index (χ2n) is 6.67. The summed E-state index contributed by atoms with van der Waals surface area (Å²) in [7, 11) is -3.55. The van der Waals surface area contributed by atoms with Gasteiger partial charge in [0.05, 0.1) is 4.90 Å². The van der Waals surface area contributed by atoms with Crippen LogP contribution in [0.4, 0.5) is 4.39 Å². The molecule has 1 heterocycles. The highest BCUT2D eigenvalue weighted by molar-refractivity contribution is 9.10. The monoisotopic (exact) mass is 425 g/mol. The van der Waals surface area contributed by atoms with E-state index in [9.17, 15) is 8.42 Å². The van der Waals surface area contributed by atoms with Crippen molar-refractivity contribution in [3.63, 3.8) is 0 Å². The molecule has 25 heavy (non-hydrogen) atoms. The van der Waals surface area contributed by atoms with Crippen LogP contribution >= 0.6 is 15.9 Å². The molecule has 0 N–H and O–H groups in total. The van der Waals surface area contributed by atoms with E-state index in [-0.39, 0.29) is 30.8 Å². The normalized spacial score (nSPS) is 18.2. The van der Waals surface area contributed by atoms with E-state index in [4.69, 9.17) is 0 Å². The van der Waals surface area contributed by atoms with Gasteiger partial charge in [0.1, 0.15) is 5.67 Å². The lowest BCUT2D eigenvalue weighted by Gasteiger charge is -2.35. The highest BCUT2D eigenvalue weighted by Crippen LogP contribution is 2.33. The Kier molecular flexibility index (Phi) is 5.32. The molecule has 1 aliphatic heterocycles. The molecule has 0 spiro atoms. The summed E-state index contributed by atoms with van der Waals surface area (Å²) < 4.78 is 42.9. The number of aryl methyl sites for hydroxylation is 1. The molecule has 0 aromatic heterocycles. The van der Waals surface area contributed by atoms with Gasteiger partial charge in [-0.2, -0.15) is 4.31 Å². The molecule has 0 aliphatic carbocycles. The molecule has 2 aromatic rings. The molecule has 1 saturated heterocycles. The number of alkyl halides is 1. The predicted molar refractivity (Wildman–Crippen MR) is 101 cm³/mol. The van der Waals surface area contributed by atoms with E-state index >= 15 is 4.39 Å². The Bertz CT molecular complexity index is 827. The third-order valence-electron chi connectivity index (χ3n) is 4.71. The van der Waals surface area contributed by atoms with E-state index in [1.165, 1.54) is 4.31 Å². The number of nitrogens with zero attached hydrogens (tertiary/aromatic N) is 1. The van der Waals surface area contributed by atoms with Gasteiger partial charge < -0.3 is 0 Å². The summed E-state index contributed by atoms with van der Waals surface area (Å²) in [5.74, 6) is 0. The number of piperidine rings is 1.